The van der Waals surface area contributed by atoms with Crippen LogP contribution in [0.4, 0.5) is 0 Å². The van der Waals surface area contributed by atoms with Gasteiger partial charge in [-0.3, -0.25) is 4.79 Å². The fraction of sp³-hybridized carbons (Fsp3) is 0.200. The minimum Gasteiger partial charge on any atom is -0.481 e. The number of aromatic carboxylic acids is 1. The van der Waals surface area contributed by atoms with E-state index in [1.54, 1.807) is 12.1 Å². The van der Waals surface area contributed by atoms with Crippen LogP contribution in [0.15, 0.2) is 18.2 Å². The van der Waals surface area contributed by atoms with Gasteiger partial charge >= 0.3 is 11.9 Å². The maximum absolute atomic E-state index is 10.8. The standard InChI is InChI=1S/C10H11NO4/c11-5-7-2-1-6(4-9(12)13)3-8(7)10(14)15/h1-3H,4-5,11H2,(H,12,13)(H,14,15). The molecular weight excluding hydrogens is 198 g/mol. The lowest BCUT2D eigenvalue weighted by molar-refractivity contribution is -0.136. The molecule has 5 nitrogen and oxygen atoms in total. The molecule has 0 bridgehead atoms. The predicted molar refractivity (Wildman–Crippen MR) is 52.6 cm³/mol. The Morgan fingerprint density at radius 3 is 2.40 bits per heavy atom. The third kappa shape index (κ3) is 2.78. The summed E-state index contributed by atoms with van der Waals surface area (Å²) in [7, 11) is 0. The summed E-state index contributed by atoms with van der Waals surface area (Å²) in [6.45, 7) is 0.120. The molecule has 0 saturated carbocycles. The molecule has 0 fully saturated rings. The van der Waals surface area contributed by atoms with Crippen LogP contribution >= 0.6 is 0 Å². The van der Waals surface area contributed by atoms with E-state index in [4.69, 9.17) is 15.9 Å². The van der Waals surface area contributed by atoms with Crippen LogP contribution in [-0.4, -0.2) is 22.2 Å². The van der Waals surface area contributed by atoms with Crippen molar-refractivity contribution in [1.82, 2.24) is 0 Å². The molecule has 1 rings (SSSR count). The normalized spacial score (nSPS) is 9.93. The second-order valence-electron chi connectivity index (χ2n) is 3.07. The van der Waals surface area contributed by atoms with E-state index in [2.05, 4.69) is 0 Å². The topological polar surface area (TPSA) is 101 Å². The molecule has 4 N–H and O–H groups in total. The second-order valence-corrected chi connectivity index (χ2v) is 3.07. The van der Waals surface area contributed by atoms with E-state index in [1.807, 2.05) is 0 Å². The highest BCUT2D eigenvalue weighted by Gasteiger charge is 2.10. The Balaban J connectivity index is 3.10. The van der Waals surface area contributed by atoms with E-state index in [0.29, 0.717) is 11.1 Å². The van der Waals surface area contributed by atoms with Crippen molar-refractivity contribution in [2.24, 2.45) is 5.73 Å². The zero-order valence-corrected chi connectivity index (χ0v) is 7.93. The van der Waals surface area contributed by atoms with Crippen LogP contribution < -0.4 is 5.73 Å². The van der Waals surface area contributed by atoms with Crippen LogP contribution in [0.25, 0.3) is 0 Å². The first-order chi connectivity index (χ1) is 7.04. The number of carbonyl (C=O) groups is 2. The van der Waals surface area contributed by atoms with Crippen LogP contribution in [0.3, 0.4) is 0 Å². The van der Waals surface area contributed by atoms with Crippen molar-refractivity contribution in [2.75, 3.05) is 0 Å². The highest BCUT2D eigenvalue weighted by atomic mass is 16.4. The van der Waals surface area contributed by atoms with Gasteiger partial charge < -0.3 is 15.9 Å². The van der Waals surface area contributed by atoms with E-state index in [0.717, 1.165) is 0 Å². The zero-order valence-electron chi connectivity index (χ0n) is 7.93. The lowest BCUT2D eigenvalue weighted by Gasteiger charge is -2.05. The minimum atomic E-state index is -1.09. The second kappa shape index (κ2) is 4.56. The number of nitrogens with two attached hydrogens (primary N) is 1. The molecule has 0 atom stereocenters. The Hall–Kier alpha value is -1.88. The molecule has 1 aromatic carbocycles. The van der Waals surface area contributed by atoms with Crippen LogP contribution in [0.2, 0.25) is 0 Å². The molecule has 0 aromatic heterocycles. The summed E-state index contributed by atoms with van der Waals surface area (Å²) in [6.07, 6.45) is -0.189. The number of hydrogen-bond donors (Lipinski definition) is 3. The number of carboxylic acids is 2. The summed E-state index contributed by atoms with van der Waals surface area (Å²) in [5.74, 6) is -2.09. The van der Waals surface area contributed by atoms with Gasteiger partial charge in [0, 0.05) is 6.54 Å². The summed E-state index contributed by atoms with van der Waals surface area (Å²) in [4.78, 5) is 21.2. The van der Waals surface area contributed by atoms with Gasteiger partial charge in [0.2, 0.25) is 0 Å². The van der Waals surface area contributed by atoms with E-state index >= 15 is 0 Å². The monoisotopic (exact) mass is 209 g/mol. The third-order valence-corrected chi connectivity index (χ3v) is 1.98. The van der Waals surface area contributed by atoms with E-state index < -0.39 is 11.9 Å². The Bertz CT molecular complexity index is 400. The Labute approximate surface area is 86.1 Å². The van der Waals surface area contributed by atoms with Crippen LogP contribution in [-0.2, 0) is 17.8 Å². The first-order valence-electron chi connectivity index (χ1n) is 4.31. The number of rotatable bonds is 4. The van der Waals surface area contributed by atoms with Gasteiger partial charge in [-0.15, -0.1) is 0 Å². The number of aliphatic carboxylic acids is 1. The van der Waals surface area contributed by atoms with Crippen LogP contribution in [0.5, 0.6) is 0 Å². The van der Waals surface area contributed by atoms with Gasteiger partial charge in [0.05, 0.1) is 12.0 Å². The molecule has 5 heteroatoms. The molecule has 0 aliphatic rings. The molecule has 0 spiro atoms. The number of benzene rings is 1. The molecule has 0 saturated heterocycles. The lowest BCUT2D eigenvalue weighted by atomic mass is 10.0. The van der Waals surface area contributed by atoms with Crippen LogP contribution in [0.1, 0.15) is 21.5 Å². The SMILES string of the molecule is NCc1ccc(CC(=O)O)cc1C(=O)O. The molecule has 0 aliphatic heterocycles. The predicted octanol–water partition coefficient (Wildman–Crippen LogP) is 0.471. The van der Waals surface area contributed by atoms with Crippen molar-refractivity contribution < 1.29 is 19.8 Å². The van der Waals surface area contributed by atoms with E-state index in [-0.39, 0.29) is 18.5 Å². The first-order valence-corrected chi connectivity index (χ1v) is 4.31. The van der Waals surface area contributed by atoms with Gasteiger partial charge in [0.25, 0.3) is 0 Å². The van der Waals surface area contributed by atoms with Gasteiger partial charge in [-0.05, 0) is 17.2 Å². The summed E-state index contributed by atoms with van der Waals surface area (Å²) >= 11 is 0. The largest absolute Gasteiger partial charge is 0.481 e. The van der Waals surface area contributed by atoms with Gasteiger partial charge in [0.15, 0.2) is 0 Å². The lowest BCUT2D eigenvalue weighted by Crippen LogP contribution is -2.09. The van der Waals surface area contributed by atoms with Crippen molar-refractivity contribution in [2.45, 2.75) is 13.0 Å². The number of hydrogen-bond acceptors (Lipinski definition) is 3. The molecule has 0 unspecified atom stereocenters. The van der Waals surface area contributed by atoms with E-state index in [9.17, 15) is 9.59 Å². The highest BCUT2D eigenvalue weighted by molar-refractivity contribution is 5.90. The third-order valence-electron chi connectivity index (χ3n) is 1.98. The fourth-order valence-corrected chi connectivity index (χ4v) is 1.29. The molecule has 0 radical (unpaired) electrons. The highest BCUT2D eigenvalue weighted by Crippen LogP contribution is 2.12. The summed E-state index contributed by atoms with van der Waals surface area (Å²) in [6, 6.07) is 4.46. The maximum Gasteiger partial charge on any atom is 0.336 e. The molecule has 0 aliphatic carbocycles. The van der Waals surface area contributed by atoms with Crippen molar-refractivity contribution in [1.29, 1.82) is 0 Å². The van der Waals surface area contributed by atoms with Crippen molar-refractivity contribution in [3.05, 3.63) is 34.9 Å². The smallest absolute Gasteiger partial charge is 0.336 e. The van der Waals surface area contributed by atoms with Crippen LogP contribution in [0, 0.1) is 0 Å². The molecule has 0 amide bonds. The Morgan fingerprint density at radius 2 is 1.93 bits per heavy atom. The van der Waals surface area contributed by atoms with Crippen molar-refractivity contribution >= 4 is 11.9 Å². The van der Waals surface area contributed by atoms with Gasteiger partial charge in [-0.25, -0.2) is 4.79 Å². The Kier molecular flexibility index (Phi) is 3.41. The zero-order chi connectivity index (χ0) is 11.4. The van der Waals surface area contributed by atoms with Gasteiger partial charge in [0.1, 0.15) is 0 Å². The average Bonchev–Trinajstić information content (AvgIpc) is 2.16. The minimum absolute atomic E-state index is 0.0660. The maximum atomic E-state index is 10.8. The average molecular weight is 209 g/mol. The van der Waals surface area contributed by atoms with Crippen molar-refractivity contribution in [3.63, 3.8) is 0 Å². The Morgan fingerprint density at radius 1 is 1.27 bits per heavy atom. The molecular formula is C10H11NO4. The summed E-state index contributed by atoms with van der Waals surface area (Å²) < 4.78 is 0. The summed E-state index contributed by atoms with van der Waals surface area (Å²) in [5.41, 5.74) is 6.38. The quantitative estimate of drug-likeness (QED) is 0.669. The molecule has 0 heterocycles. The fourth-order valence-electron chi connectivity index (χ4n) is 1.29. The molecule has 80 valence electrons. The molecule has 1 aromatic rings. The van der Waals surface area contributed by atoms with Crippen molar-refractivity contribution in [3.8, 4) is 0 Å². The van der Waals surface area contributed by atoms with Gasteiger partial charge in [-0.1, -0.05) is 12.1 Å². The molecule has 15 heavy (non-hydrogen) atoms. The van der Waals surface area contributed by atoms with Gasteiger partial charge in [-0.2, -0.15) is 0 Å². The summed E-state index contributed by atoms with van der Waals surface area (Å²) in [5, 5.41) is 17.4. The van der Waals surface area contributed by atoms with E-state index in [1.165, 1.54) is 6.07 Å². The number of carboxylic acid groups (broad SMARTS) is 2. The first kappa shape index (κ1) is 11.2.